The SMILES string of the molecule is CCNC(=NCC(C)CO)NC(C)CCc1ccccc1. The molecule has 1 rings (SSSR count). The van der Waals surface area contributed by atoms with E-state index in [1.54, 1.807) is 0 Å². The highest BCUT2D eigenvalue weighted by Gasteiger charge is 2.06. The summed E-state index contributed by atoms with van der Waals surface area (Å²) in [6.07, 6.45) is 2.12. The third-order valence-corrected chi connectivity index (χ3v) is 3.31. The van der Waals surface area contributed by atoms with Gasteiger partial charge in [-0.25, -0.2) is 0 Å². The minimum atomic E-state index is 0.173. The van der Waals surface area contributed by atoms with E-state index in [4.69, 9.17) is 5.11 Å². The van der Waals surface area contributed by atoms with Crippen LogP contribution in [0.2, 0.25) is 0 Å². The van der Waals surface area contributed by atoms with Crippen LogP contribution in [-0.4, -0.2) is 36.8 Å². The molecule has 0 aliphatic carbocycles. The fourth-order valence-electron chi connectivity index (χ4n) is 1.96. The summed E-state index contributed by atoms with van der Waals surface area (Å²) in [5, 5.41) is 15.7. The number of aryl methyl sites for hydroxylation is 1. The molecule has 0 heterocycles. The molecule has 2 unspecified atom stereocenters. The number of benzene rings is 1. The predicted molar refractivity (Wildman–Crippen MR) is 89.6 cm³/mol. The Balaban J connectivity index is 2.42. The third-order valence-electron chi connectivity index (χ3n) is 3.31. The molecule has 0 aliphatic heterocycles. The van der Waals surface area contributed by atoms with E-state index in [0.29, 0.717) is 12.6 Å². The topological polar surface area (TPSA) is 56.7 Å². The minimum absolute atomic E-state index is 0.173. The lowest BCUT2D eigenvalue weighted by Crippen LogP contribution is -2.42. The van der Waals surface area contributed by atoms with Gasteiger partial charge in [0.05, 0.1) is 0 Å². The van der Waals surface area contributed by atoms with Crippen LogP contribution in [0.4, 0.5) is 0 Å². The van der Waals surface area contributed by atoms with E-state index >= 15 is 0 Å². The lowest BCUT2D eigenvalue weighted by Gasteiger charge is -2.18. The number of rotatable bonds is 8. The molecule has 4 nitrogen and oxygen atoms in total. The van der Waals surface area contributed by atoms with E-state index in [1.165, 1.54) is 5.56 Å². The zero-order valence-electron chi connectivity index (χ0n) is 13.5. The molecule has 1 aromatic rings. The molecule has 0 aromatic heterocycles. The number of aliphatic hydroxyl groups is 1. The quantitative estimate of drug-likeness (QED) is 0.508. The molecular weight excluding hydrogens is 262 g/mol. The van der Waals surface area contributed by atoms with Gasteiger partial charge in [0.1, 0.15) is 0 Å². The number of aliphatic imine (C=N–C) groups is 1. The van der Waals surface area contributed by atoms with Crippen LogP contribution in [0.3, 0.4) is 0 Å². The van der Waals surface area contributed by atoms with Gasteiger partial charge >= 0.3 is 0 Å². The van der Waals surface area contributed by atoms with Gasteiger partial charge in [-0.05, 0) is 38.2 Å². The van der Waals surface area contributed by atoms with Crippen LogP contribution in [0.5, 0.6) is 0 Å². The first kappa shape index (κ1) is 17.5. The highest BCUT2D eigenvalue weighted by molar-refractivity contribution is 5.80. The van der Waals surface area contributed by atoms with Crippen molar-refractivity contribution >= 4 is 5.96 Å². The molecule has 21 heavy (non-hydrogen) atoms. The standard InChI is InChI=1S/C17H29N3O/c1-4-18-17(19-12-14(2)13-21)20-15(3)10-11-16-8-6-5-7-9-16/h5-9,14-15,21H,4,10-13H2,1-3H3,(H2,18,19,20). The van der Waals surface area contributed by atoms with Crippen molar-refractivity contribution in [1.82, 2.24) is 10.6 Å². The molecule has 118 valence electrons. The van der Waals surface area contributed by atoms with Gasteiger partial charge in [-0.2, -0.15) is 0 Å². The summed E-state index contributed by atoms with van der Waals surface area (Å²) >= 11 is 0. The Bertz CT molecular complexity index is 406. The highest BCUT2D eigenvalue weighted by atomic mass is 16.3. The molecular formula is C17H29N3O. The van der Waals surface area contributed by atoms with Crippen molar-refractivity contribution in [2.24, 2.45) is 10.9 Å². The van der Waals surface area contributed by atoms with Crippen LogP contribution in [0.15, 0.2) is 35.3 Å². The fraction of sp³-hybridized carbons (Fsp3) is 0.588. The molecule has 0 fully saturated rings. The molecule has 1 aromatic carbocycles. The molecule has 0 saturated heterocycles. The van der Waals surface area contributed by atoms with Gasteiger partial charge in [-0.15, -0.1) is 0 Å². The summed E-state index contributed by atoms with van der Waals surface area (Å²) in [5.41, 5.74) is 1.36. The molecule has 0 aliphatic rings. The summed E-state index contributed by atoms with van der Waals surface area (Å²) in [6, 6.07) is 10.9. The molecule has 4 heteroatoms. The Morgan fingerprint density at radius 3 is 2.57 bits per heavy atom. The molecule has 0 bridgehead atoms. The summed E-state index contributed by atoms with van der Waals surface area (Å²) in [6.45, 7) is 7.87. The average Bonchev–Trinajstić information content (AvgIpc) is 2.51. The van der Waals surface area contributed by atoms with Crippen molar-refractivity contribution in [3.63, 3.8) is 0 Å². The lowest BCUT2D eigenvalue weighted by atomic mass is 10.1. The first-order valence-electron chi connectivity index (χ1n) is 7.85. The number of hydrogen-bond donors (Lipinski definition) is 3. The molecule has 2 atom stereocenters. The number of nitrogens with zero attached hydrogens (tertiary/aromatic N) is 1. The summed E-state index contributed by atoms with van der Waals surface area (Å²) < 4.78 is 0. The van der Waals surface area contributed by atoms with Crippen LogP contribution >= 0.6 is 0 Å². The summed E-state index contributed by atoms with van der Waals surface area (Å²) in [5.74, 6) is 1.03. The van der Waals surface area contributed by atoms with Gasteiger partial charge in [0.2, 0.25) is 0 Å². The highest BCUT2D eigenvalue weighted by Crippen LogP contribution is 2.04. The average molecular weight is 291 g/mol. The second-order valence-electron chi connectivity index (χ2n) is 5.58. The maximum Gasteiger partial charge on any atom is 0.191 e. The van der Waals surface area contributed by atoms with Gasteiger partial charge in [0.15, 0.2) is 5.96 Å². The normalized spacial score (nSPS) is 14.6. The molecule has 0 radical (unpaired) electrons. The Morgan fingerprint density at radius 2 is 1.95 bits per heavy atom. The van der Waals surface area contributed by atoms with Crippen LogP contribution < -0.4 is 10.6 Å². The number of aliphatic hydroxyl groups excluding tert-OH is 1. The maximum atomic E-state index is 9.06. The lowest BCUT2D eigenvalue weighted by molar-refractivity contribution is 0.241. The molecule has 0 saturated carbocycles. The van der Waals surface area contributed by atoms with E-state index in [9.17, 15) is 0 Å². The number of nitrogens with one attached hydrogen (secondary N) is 2. The Kier molecular flexibility index (Phi) is 8.51. The van der Waals surface area contributed by atoms with Crippen LogP contribution in [-0.2, 0) is 6.42 Å². The van der Waals surface area contributed by atoms with Crippen molar-refractivity contribution in [3.05, 3.63) is 35.9 Å². The summed E-state index contributed by atoms with van der Waals surface area (Å²) in [7, 11) is 0. The Morgan fingerprint density at radius 1 is 1.24 bits per heavy atom. The first-order chi connectivity index (χ1) is 10.2. The molecule has 0 amide bonds. The third kappa shape index (κ3) is 7.71. The van der Waals surface area contributed by atoms with Crippen molar-refractivity contribution < 1.29 is 5.11 Å². The van der Waals surface area contributed by atoms with Crippen molar-refractivity contribution in [2.75, 3.05) is 19.7 Å². The second-order valence-corrected chi connectivity index (χ2v) is 5.58. The first-order valence-corrected chi connectivity index (χ1v) is 7.85. The predicted octanol–water partition coefficient (Wildman–Crippen LogP) is 2.19. The van der Waals surface area contributed by atoms with Gasteiger partial charge < -0.3 is 15.7 Å². The minimum Gasteiger partial charge on any atom is -0.396 e. The number of hydrogen-bond acceptors (Lipinski definition) is 2. The maximum absolute atomic E-state index is 9.06. The molecule has 0 spiro atoms. The molecule has 3 N–H and O–H groups in total. The van der Waals surface area contributed by atoms with Gasteiger partial charge in [-0.1, -0.05) is 37.3 Å². The smallest absolute Gasteiger partial charge is 0.191 e. The Hall–Kier alpha value is -1.55. The van der Waals surface area contributed by atoms with Crippen molar-refractivity contribution in [2.45, 2.75) is 39.7 Å². The van der Waals surface area contributed by atoms with Gasteiger partial charge in [0.25, 0.3) is 0 Å². The van der Waals surface area contributed by atoms with E-state index < -0.39 is 0 Å². The van der Waals surface area contributed by atoms with Crippen molar-refractivity contribution in [3.8, 4) is 0 Å². The zero-order chi connectivity index (χ0) is 15.5. The van der Waals surface area contributed by atoms with E-state index in [1.807, 2.05) is 13.0 Å². The largest absolute Gasteiger partial charge is 0.396 e. The monoisotopic (exact) mass is 291 g/mol. The number of guanidine groups is 1. The van der Waals surface area contributed by atoms with Gasteiger partial charge in [0, 0.05) is 25.7 Å². The Labute approximate surface area is 128 Å². The van der Waals surface area contributed by atoms with Crippen molar-refractivity contribution in [1.29, 1.82) is 0 Å². The second kappa shape index (κ2) is 10.2. The van der Waals surface area contributed by atoms with Crippen LogP contribution in [0.1, 0.15) is 32.8 Å². The van der Waals surface area contributed by atoms with E-state index in [-0.39, 0.29) is 12.5 Å². The van der Waals surface area contributed by atoms with E-state index in [0.717, 1.165) is 25.3 Å². The van der Waals surface area contributed by atoms with E-state index in [2.05, 4.69) is 53.7 Å². The zero-order valence-corrected chi connectivity index (χ0v) is 13.5. The fourth-order valence-corrected chi connectivity index (χ4v) is 1.96. The summed E-state index contributed by atoms with van der Waals surface area (Å²) in [4.78, 5) is 4.51. The van der Waals surface area contributed by atoms with Gasteiger partial charge in [-0.3, -0.25) is 4.99 Å². The van der Waals surface area contributed by atoms with Crippen LogP contribution in [0, 0.1) is 5.92 Å². The van der Waals surface area contributed by atoms with Crippen LogP contribution in [0.25, 0.3) is 0 Å².